The number of anilines is 3. The van der Waals surface area contributed by atoms with Crippen molar-refractivity contribution < 1.29 is 14.8 Å². The van der Waals surface area contributed by atoms with Crippen LogP contribution in [0.5, 0.6) is 0 Å². The van der Waals surface area contributed by atoms with Gasteiger partial charge in [-0.3, -0.25) is 14.9 Å². The number of nitro groups is 1. The topological polar surface area (TPSA) is 168 Å². The fourth-order valence-corrected chi connectivity index (χ4v) is 3.74. The Balaban J connectivity index is 1.62. The van der Waals surface area contributed by atoms with Crippen LogP contribution in [0.2, 0.25) is 0 Å². The molecule has 0 spiro atoms. The zero-order valence-electron chi connectivity index (χ0n) is 17.8. The first-order chi connectivity index (χ1) is 15.5. The summed E-state index contributed by atoms with van der Waals surface area (Å²) in [6, 6.07) is 7.24. The molecule has 11 nitrogen and oxygen atoms in total. The fraction of sp³-hybridized carbons (Fsp3) is 0.476. The van der Waals surface area contributed by atoms with Crippen LogP contribution >= 0.6 is 0 Å². The Morgan fingerprint density at radius 3 is 2.66 bits per heavy atom. The first-order valence-electron chi connectivity index (χ1n) is 10.7. The van der Waals surface area contributed by atoms with E-state index in [1.165, 1.54) is 6.20 Å². The highest BCUT2D eigenvalue weighted by atomic mass is 16.6. The van der Waals surface area contributed by atoms with E-state index in [9.17, 15) is 20.0 Å². The molecule has 1 amide bonds. The van der Waals surface area contributed by atoms with Crippen molar-refractivity contribution in [1.82, 2.24) is 9.97 Å². The number of aromatic nitrogens is 2. The number of aliphatic hydroxyl groups is 1. The first-order valence-corrected chi connectivity index (χ1v) is 10.7. The fourth-order valence-electron chi connectivity index (χ4n) is 3.74. The number of nitrogens with zero attached hydrogens (tertiary/aromatic N) is 3. The van der Waals surface area contributed by atoms with E-state index in [-0.39, 0.29) is 36.5 Å². The molecule has 1 aromatic carbocycles. The number of hydrogen-bond donors (Lipinski definition) is 5. The minimum atomic E-state index is -0.502. The maximum absolute atomic E-state index is 11.5. The molecular formula is C21H29N7O4. The zero-order chi connectivity index (χ0) is 22.9. The SMILES string of the molecule is NCC(=O)Nc1cccc(CNc2ncc([N+](=O)[O-])c(NCC3CCC(CO)CC3)n2)c1. The Kier molecular flexibility index (Phi) is 8.28. The first kappa shape index (κ1) is 23.4. The summed E-state index contributed by atoms with van der Waals surface area (Å²) in [6.45, 7) is 1.07. The predicted molar refractivity (Wildman–Crippen MR) is 121 cm³/mol. The van der Waals surface area contributed by atoms with Gasteiger partial charge in [0, 0.05) is 25.4 Å². The number of nitrogens with two attached hydrogens (primary N) is 1. The van der Waals surface area contributed by atoms with Gasteiger partial charge in [-0.05, 0) is 55.2 Å². The molecule has 0 atom stereocenters. The van der Waals surface area contributed by atoms with Crippen molar-refractivity contribution >= 4 is 29.0 Å². The summed E-state index contributed by atoms with van der Waals surface area (Å²) in [6.07, 6.45) is 5.06. The summed E-state index contributed by atoms with van der Waals surface area (Å²) < 4.78 is 0. The molecular weight excluding hydrogens is 414 g/mol. The van der Waals surface area contributed by atoms with E-state index in [1.807, 2.05) is 6.07 Å². The highest BCUT2D eigenvalue weighted by Crippen LogP contribution is 2.29. The molecule has 1 fully saturated rings. The monoisotopic (exact) mass is 443 g/mol. The van der Waals surface area contributed by atoms with E-state index in [1.54, 1.807) is 18.2 Å². The van der Waals surface area contributed by atoms with Crippen LogP contribution in [0.25, 0.3) is 0 Å². The number of carbonyl (C=O) groups is 1. The van der Waals surface area contributed by atoms with Gasteiger partial charge in [0.25, 0.3) is 0 Å². The molecule has 172 valence electrons. The summed E-state index contributed by atoms with van der Waals surface area (Å²) in [5.41, 5.74) is 6.64. The third kappa shape index (κ3) is 6.59. The Labute approximate surface area is 186 Å². The molecule has 1 aromatic heterocycles. The van der Waals surface area contributed by atoms with Gasteiger partial charge in [-0.2, -0.15) is 4.98 Å². The van der Waals surface area contributed by atoms with Crippen LogP contribution in [0.4, 0.5) is 23.1 Å². The smallest absolute Gasteiger partial charge is 0.329 e. The van der Waals surface area contributed by atoms with Crippen molar-refractivity contribution in [3.8, 4) is 0 Å². The Hall–Kier alpha value is -3.31. The molecule has 0 saturated heterocycles. The number of hydrogen-bond acceptors (Lipinski definition) is 9. The molecule has 3 rings (SSSR count). The van der Waals surface area contributed by atoms with Crippen LogP contribution in [0.15, 0.2) is 30.5 Å². The number of aliphatic hydroxyl groups excluding tert-OH is 1. The van der Waals surface area contributed by atoms with E-state index < -0.39 is 4.92 Å². The molecule has 32 heavy (non-hydrogen) atoms. The largest absolute Gasteiger partial charge is 0.396 e. The van der Waals surface area contributed by atoms with Crippen LogP contribution in [0, 0.1) is 22.0 Å². The van der Waals surface area contributed by atoms with E-state index in [4.69, 9.17) is 5.73 Å². The minimum absolute atomic E-state index is 0.0994. The average molecular weight is 444 g/mol. The van der Waals surface area contributed by atoms with Crippen molar-refractivity contribution in [2.24, 2.45) is 17.6 Å². The van der Waals surface area contributed by atoms with Gasteiger partial charge in [0.2, 0.25) is 17.7 Å². The maximum Gasteiger partial charge on any atom is 0.329 e. The van der Waals surface area contributed by atoms with Gasteiger partial charge >= 0.3 is 5.69 Å². The Morgan fingerprint density at radius 2 is 1.97 bits per heavy atom. The van der Waals surface area contributed by atoms with Gasteiger partial charge in [-0.15, -0.1) is 0 Å². The van der Waals surface area contributed by atoms with E-state index in [2.05, 4.69) is 25.9 Å². The van der Waals surface area contributed by atoms with Crippen LogP contribution in [-0.2, 0) is 11.3 Å². The van der Waals surface area contributed by atoms with Crippen LogP contribution < -0.4 is 21.7 Å². The quantitative estimate of drug-likeness (QED) is 0.273. The van der Waals surface area contributed by atoms with Gasteiger partial charge in [-0.1, -0.05) is 12.1 Å². The Bertz CT molecular complexity index is 932. The summed E-state index contributed by atoms with van der Waals surface area (Å²) in [4.78, 5) is 30.7. The number of carbonyl (C=O) groups excluding carboxylic acids is 1. The minimum Gasteiger partial charge on any atom is -0.396 e. The normalized spacial score (nSPS) is 18.1. The van der Waals surface area contributed by atoms with Crippen LogP contribution in [0.1, 0.15) is 31.2 Å². The van der Waals surface area contributed by atoms with Crippen molar-refractivity contribution in [3.63, 3.8) is 0 Å². The second-order valence-electron chi connectivity index (χ2n) is 7.94. The molecule has 11 heteroatoms. The van der Waals surface area contributed by atoms with Gasteiger partial charge < -0.3 is 26.8 Å². The number of amides is 1. The molecule has 0 aliphatic heterocycles. The van der Waals surface area contributed by atoms with Crippen LogP contribution in [0.3, 0.4) is 0 Å². The van der Waals surface area contributed by atoms with Gasteiger partial charge in [0.1, 0.15) is 6.20 Å². The van der Waals surface area contributed by atoms with Crippen molar-refractivity contribution in [2.75, 3.05) is 35.6 Å². The van der Waals surface area contributed by atoms with Crippen molar-refractivity contribution in [3.05, 3.63) is 46.1 Å². The third-order valence-electron chi connectivity index (χ3n) is 5.60. The molecule has 1 heterocycles. The number of rotatable bonds is 10. The summed E-state index contributed by atoms with van der Waals surface area (Å²) in [5, 5.41) is 29.5. The molecule has 1 aliphatic rings. The molecule has 2 aromatic rings. The van der Waals surface area contributed by atoms with Gasteiger partial charge in [0.05, 0.1) is 11.5 Å². The highest BCUT2D eigenvalue weighted by Gasteiger charge is 2.23. The van der Waals surface area contributed by atoms with E-state index in [0.717, 1.165) is 31.2 Å². The van der Waals surface area contributed by atoms with Gasteiger partial charge in [-0.25, -0.2) is 4.98 Å². The standard InChI is InChI=1S/C21H29N7O4/c22-9-19(30)26-17-3-1-2-16(8-17)11-24-21-25-12-18(28(31)32)20(27-21)23-10-14-4-6-15(13-29)7-5-14/h1-3,8,12,14-15,29H,4-7,9-11,13,22H2,(H,26,30)(H2,23,24,25,27). The molecule has 0 radical (unpaired) electrons. The van der Waals surface area contributed by atoms with Gasteiger partial charge in [0.15, 0.2) is 0 Å². The lowest BCUT2D eigenvalue weighted by Crippen LogP contribution is -2.23. The second-order valence-corrected chi connectivity index (χ2v) is 7.94. The Morgan fingerprint density at radius 1 is 1.22 bits per heavy atom. The average Bonchev–Trinajstić information content (AvgIpc) is 2.81. The summed E-state index contributed by atoms with van der Waals surface area (Å²) in [7, 11) is 0. The zero-order valence-corrected chi connectivity index (χ0v) is 17.8. The lowest BCUT2D eigenvalue weighted by molar-refractivity contribution is -0.384. The second kappa shape index (κ2) is 11.3. The third-order valence-corrected chi connectivity index (χ3v) is 5.60. The molecule has 1 aliphatic carbocycles. The lowest BCUT2D eigenvalue weighted by atomic mass is 9.82. The summed E-state index contributed by atoms with van der Waals surface area (Å²) >= 11 is 0. The van der Waals surface area contributed by atoms with E-state index >= 15 is 0 Å². The van der Waals surface area contributed by atoms with Crippen molar-refractivity contribution in [2.45, 2.75) is 32.2 Å². The van der Waals surface area contributed by atoms with Crippen molar-refractivity contribution in [1.29, 1.82) is 0 Å². The maximum atomic E-state index is 11.5. The molecule has 0 unspecified atom stereocenters. The highest BCUT2D eigenvalue weighted by molar-refractivity contribution is 5.92. The number of benzene rings is 1. The van der Waals surface area contributed by atoms with E-state index in [0.29, 0.717) is 30.6 Å². The molecule has 6 N–H and O–H groups in total. The lowest BCUT2D eigenvalue weighted by Gasteiger charge is -2.27. The number of nitrogens with one attached hydrogen (secondary N) is 3. The van der Waals surface area contributed by atoms with Crippen LogP contribution in [-0.4, -0.2) is 45.6 Å². The predicted octanol–water partition coefficient (Wildman–Crippen LogP) is 2.10. The summed E-state index contributed by atoms with van der Waals surface area (Å²) in [5.74, 6) is 0.904. The molecule has 0 bridgehead atoms. The molecule has 1 saturated carbocycles.